The molecule has 9 heteroatoms. The van der Waals surface area contributed by atoms with Crippen molar-refractivity contribution in [2.24, 2.45) is 0 Å². The van der Waals surface area contributed by atoms with E-state index >= 15 is 0 Å². The number of nitro groups is 1. The van der Waals surface area contributed by atoms with E-state index in [0.29, 0.717) is 11.3 Å². The molecular weight excluding hydrogens is 416 g/mol. The Balaban J connectivity index is 2.36. The Morgan fingerprint density at radius 1 is 1.03 bits per heavy atom. The highest BCUT2D eigenvalue weighted by atomic mass is 16.6. The molecule has 172 valence electrons. The highest BCUT2D eigenvalue weighted by Gasteiger charge is 2.33. The minimum Gasteiger partial charge on any atom is -0.497 e. The fourth-order valence-corrected chi connectivity index (χ4v) is 3.18. The van der Waals surface area contributed by atoms with Gasteiger partial charge >= 0.3 is 5.97 Å². The monoisotopic (exact) mass is 444 g/mol. The summed E-state index contributed by atoms with van der Waals surface area (Å²) in [5, 5.41) is 14.2. The Labute approximate surface area is 186 Å². The van der Waals surface area contributed by atoms with Crippen molar-refractivity contribution in [1.29, 1.82) is 0 Å². The van der Waals surface area contributed by atoms with Crippen LogP contribution in [0.1, 0.15) is 38.1 Å². The van der Waals surface area contributed by atoms with Crippen LogP contribution < -0.4 is 10.1 Å². The number of hydrogen-bond donors (Lipinski definition) is 1. The predicted molar refractivity (Wildman–Crippen MR) is 119 cm³/mol. The quantitative estimate of drug-likeness (QED) is 0.374. The zero-order chi connectivity index (χ0) is 24.1. The van der Waals surface area contributed by atoms with E-state index in [-0.39, 0.29) is 11.3 Å². The van der Waals surface area contributed by atoms with Crippen LogP contribution in [-0.2, 0) is 14.3 Å². The number of carbonyl (C=O) groups is 2. The molecule has 0 saturated carbocycles. The molecule has 0 radical (unpaired) electrons. The molecule has 0 bridgehead atoms. The first-order valence-electron chi connectivity index (χ1n) is 9.96. The summed E-state index contributed by atoms with van der Waals surface area (Å²) in [7, 11) is 2.74. The van der Waals surface area contributed by atoms with Crippen molar-refractivity contribution in [2.75, 3.05) is 14.2 Å². The molecule has 0 aliphatic heterocycles. The first-order chi connectivity index (χ1) is 15.0. The molecule has 0 heterocycles. The predicted octanol–water partition coefficient (Wildman–Crippen LogP) is 3.75. The van der Waals surface area contributed by atoms with Gasteiger partial charge in [0.1, 0.15) is 11.3 Å². The Hall–Kier alpha value is -3.46. The van der Waals surface area contributed by atoms with Crippen LogP contribution in [0.25, 0.3) is 11.1 Å². The highest BCUT2D eigenvalue weighted by Crippen LogP contribution is 2.29. The van der Waals surface area contributed by atoms with Crippen molar-refractivity contribution in [3.05, 3.63) is 58.1 Å². The number of hydrogen-bond acceptors (Lipinski definition) is 7. The van der Waals surface area contributed by atoms with Gasteiger partial charge in [0.2, 0.25) is 0 Å². The Bertz CT molecular complexity index is 981. The van der Waals surface area contributed by atoms with Crippen LogP contribution in [0.2, 0.25) is 0 Å². The Morgan fingerprint density at radius 3 is 2.12 bits per heavy atom. The second kappa shape index (κ2) is 10.2. The molecular formula is C23H28N2O7. The molecule has 2 aromatic carbocycles. The van der Waals surface area contributed by atoms with Gasteiger partial charge in [-0.2, -0.15) is 0 Å². The molecule has 32 heavy (non-hydrogen) atoms. The smallest absolute Gasteiger partial charge is 0.331 e. The molecule has 0 saturated heterocycles. The van der Waals surface area contributed by atoms with Crippen molar-refractivity contribution in [2.45, 2.75) is 45.4 Å². The third-order valence-electron chi connectivity index (χ3n) is 4.61. The van der Waals surface area contributed by atoms with Gasteiger partial charge in [0, 0.05) is 6.07 Å². The minimum absolute atomic E-state index is 0.177. The maximum atomic E-state index is 12.9. The summed E-state index contributed by atoms with van der Waals surface area (Å²) in [6.45, 7) is 7.04. The van der Waals surface area contributed by atoms with Crippen molar-refractivity contribution in [3.63, 3.8) is 0 Å². The second-order valence-corrected chi connectivity index (χ2v) is 8.13. The van der Waals surface area contributed by atoms with E-state index in [9.17, 15) is 19.7 Å². The summed E-state index contributed by atoms with van der Waals surface area (Å²) in [5.41, 5.74) is 0.140. The largest absolute Gasteiger partial charge is 0.497 e. The Morgan fingerprint density at radius 2 is 1.62 bits per heavy atom. The molecule has 0 aliphatic carbocycles. The lowest BCUT2D eigenvalue weighted by atomic mass is 10.0. The SMILES string of the molecule is COC(=O)[C@@H](NC(=O)c1ccc(-c2ccc(OC)cc2)cc1[N+](=O)[O-])[C@@H](C)OC(C)(C)C. The van der Waals surface area contributed by atoms with Crippen molar-refractivity contribution >= 4 is 17.6 Å². The minimum atomic E-state index is -1.15. The normalized spacial score (nSPS) is 13.1. The number of ether oxygens (including phenoxy) is 3. The summed E-state index contributed by atoms with van der Waals surface area (Å²) >= 11 is 0. The molecule has 0 spiro atoms. The number of carbonyl (C=O) groups excluding carboxylic acids is 2. The van der Waals surface area contributed by atoms with Crippen molar-refractivity contribution < 1.29 is 28.7 Å². The average Bonchev–Trinajstić information content (AvgIpc) is 2.75. The van der Waals surface area contributed by atoms with Crippen molar-refractivity contribution in [1.82, 2.24) is 5.32 Å². The van der Waals surface area contributed by atoms with Gasteiger partial charge in [-0.25, -0.2) is 4.79 Å². The molecule has 2 atom stereocenters. The average molecular weight is 444 g/mol. The molecule has 1 amide bonds. The molecule has 2 rings (SSSR count). The molecule has 0 unspecified atom stereocenters. The van der Waals surface area contributed by atoms with E-state index in [4.69, 9.17) is 14.2 Å². The van der Waals surface area contributed by atoms with Gasteiger partial charge in [-0.3, -0.25) is 14.9 Å². The van der Waals surface area contributed by atoms with Gasteiger partial charge in [0.05, 0.1) is 30.8 Å². The fraction of sp³-hybridized carbons (Fsp3) is 0.391. The van der Waals surface area contributed by atoms with Crippen LogP contribution in [0.4, 0.5) is 5.69 Å². The number of nitro benzene ring substituents is 1. The number of rotatable bonds is 8. The maximum Gasteiger partial charge on any atom is 0.331 e. The fourth-order valence-electron chi connectivity index (χ4n) is 3.18. The van der Waals surface area contributed by atoms with Crippen LogP contribution in [0.5, 0.6) is 5.75 Å². The van der Waals surface area contributed by atoms with Gasteiger partial charge in [-0.15, -0.1) is 0 Å². The Kier molecular flexibility index (Phi) is 7.93. The third kappa shape index (κ3) is 6.27. The van der Waals surface area contributed by atoms with Gasteiger partial charge < -0.3 is 19.5 Å². The van der Waals surface area contributed by atoms with E-state index < -0.39 is 34.5 Å². The lowest BCUT2D eigenvalue weighted by Gasteiger charge is -2.29. The summed E-state index contributed by atoms with van der Waals surface area (Å²) in [6.07, 6.45) is -0.732. The highest BCUT2D eigenvalue weighted by molar-refractivity contribution is 6.01. The molecule has 1 N–H and O–H groups in total. The van der Waals surface area contributed by atoms with Crippen LogP contribution in [-0.4, -0.2) is 48.8 Å². The summed E-state index contributed by atoms with van der Waals surface area (Å²) < 4.78 is 15.7. The first-order valence-corrected chi connectivity index (χ1v) is 9.96. The molecule has 9 nitrogen and oxygen atoms in total. The standard InChI is InChI=1S/C23H28N2O7/c1-14(32-23(2,3)4)20(22(27)31-6)24-21(26)18-12-9-16(13-19(18)25(28)29)15-7-10-17(30-5)11-8-15/h7-14,20H,1-6H3,(H,24,26)/t14-,20+/m1/s1. The van der Waals surface area contributed by atoms with Gasteiger partial charge in [-0.05, 0) is 57.0 Å². The summed E-state index contributed by atoms with van der Waals surface area (Å²) in [4.78, 5) is 36.2. The zero-order valence-corrected chi connectivity index (χ0v) is 19.0. The summed E-state index contributed by atoms with van der Waals surface area (Å²) in [6, 6.07) is 10.1. The second-order valence-electron chi connectivity index (χ2n) is 8.13. The van der Waals surface area contributed by atoms with Crippen molar-refractivity contribution in [3.8, 4) is 16.9 Å². The third-order valence-corrected chi connectivity index (χ3v) is 4.61. The van der Waals surface area contributed by atoms with Gasteiger partial charge in [0.15, 0.2) is 6.04 Å². The van der Waals surface area contributed by atoms with Crippen LogP contribution in [0.3, 0.4) is 0 Å². The summed E-state index contributed by atoms with van der Waals surface area (Å²) in [5.74, 6) is -0.843. The van der Waals surface area contributed by atoms with E-state index in [2.05, 4.69) is 5.32 Å². The number of esters is 1. The van der Waals surface area contributed by atoms with E-state index in [1.54, 1.807) is 44.4 Å². The lowest BCUT2D eigenvalue weighted by Crippen LogP contribution is -2.51. The van der Waals surface area contributed by atoms with E-state index in [1.165, 1.54) is 19.2 Å². The molecule has 0 aromatic heterocycles. The number of nitrogens with one attached hydrogen (secondary N) is 1. The van der Waals surface area contributed by atoms with Crippen LogP contribution in [0, 0.1) is 10.1 Å². The molecule has 0 aliphatic rings. The maximum absolute atomic E-state index is 12.9. The van der Waals surface area contributed by atoms with Gasteiger partial charge in [-0.1, -0.05) is 18.2 Å². The number of benzene rings is 2. The van der Waals surface area contributed by atoms with Crippen LogP contribution in [0.15, 0.2) is 42.5 Å². The zero-order valence-electron chi connectivity index (χ0n) is 19.0. The number of amides is 1. The van der Waals surface area contributed by atoms with E-state index in [0.717, 1.165) is 5.56 Å². The van der Waals surface area contributed by atoms with E-state index in [1.807, 2.05) is 20.8 Å². The number of nitrogens with zero attached hydrogens (tertiary/aromatic N) is 1. The topological polar surface area (TPSA) is 117 Å². The lowest BCUT2D eigenvalue weighted by molar-refractivity contribution is -0.385. The number of methoxy groups -OCH3 is 2. The van der Waals surface area contributed by atoms with Gasteiger partial charge in [0.25, 0.3) is 11.6 Å². The first kappa shape index (κ1) is 24.8. The molecule has 0 fully saturated rings. The molecule has 2 aromatic rings. The van der Waals surface area contributed by atoms with Crippen LogP contribution >= 0.6 is 0 Å².